The van der Waals surface area contributed by atoms with Gasteiger partial charge in [-0.25, -0.2) is 9.10 Å². The van der Waals surface area contributed by atoms with Crippen molar-refractivity contribution in [1.29, 1.82) is 0 Å². The van der Waals surface area contributed by atoms with Crippen molar-refractivity contribution in [3.8, 4) is 0 Å². The van der Waals surface area contributed by atoms with Gasteiger partial charge < -0.3 is 14.5 Å². The Hall–Kier alpha value is -1.48. The zero-order valence-electron chi connectivity index (χ0n) is 15.3. The molecule has 1 fully saturated rings. The summed E-state index contributed by atoms with van der Waals surface area (Å²) in [6, 6.07) is -0.523. The van der Waals surface area contributed by atoms with Crippen molar-refractivity contribution in [2.75, 3.05) is 26.8 Å². The van der Waals surface area contributed by atoms with Gasteiger partial charge in [0, 0.05) is 44.6 Å². The monoisotopic (exact) mass is 360 g/mol. The molecule has 9 heteroatoms. The zero-order chi connectivity index (χ0) is 18.3. The Labute approximate surface area is 144 Å². The lowest BCUT2D eigenvalue weighted by atomic mass is 10.1. The highest BCUT2D eigenvalue weighted by molar-refractivity contribution is 7.86. The standard InChI is InChI=1S/C15H28N4O4S/c1-12-9-18(24(21,22)17-8-7-16(6)11-17)10-13(2)19(12)14(20)23-15(3,4)5/h7-8,12-13H,9-11H2,1-6H3/t12-,13+. The van der Waals surface area contributed by atoms with Crippen LogP contribution in [0.15, 0.2) is 12.4 Å². The predicted molar refractivity (Wildman–Crippen MR) is 91.1 cm³/mol. The van der Waals surface area contributed by atoms with E-state index >= 15 is 0 Å². The van der Waals surface area contributed by atoms with Crippen LogP contribution in [0.5, 0.6) is 0 Å². The summed E-state index contributed by atoms with van der Waals surface area (Å²) in [5.74, 6) is 0. The van der Waals surface area contributed by atoms with Crippen molar-refractivity contribution < 1.29 is 17.9 Å². The van der Waals surface area contributed by atoms with Crippen LogP contribution >= 0.6 is 0 Å². The molecule has 138 valence electrons. The van der Waals surface area contributed by atoms with Crippen LogP contribution in [0.3, 0.4) is 0 Å². The molecule has 1 amide bonds. The van der Waals surface area contributed by atoms with E-state index in [1.807, 2.05) is 41.7 Å². The molecular weight excluding hydrogens is 332 g/mol. The van der Waals surface area contributed by atoms with E-state index in [1.54, 1.807) is 22.2 Å². The molecule has 0 saturated carbocycles. The molecular formula is C15H28N4O4S. The van der Waals surface area contributed by atoms with Gasteiger partial charge in [0.1, 0.15) is 12.3 Å². The smallest absolute Gasteiger partial charge is 0.410 e. The molecule has 0 aromatic rings. The highest BCUT2D eigenvalue weighted by Gasteiger charge is 2.41. The topological polar surface area (TPSA) is 73.4 Å². The summed E-state index contributed by atoms with van der Waals surface area (Å²) in [6.45, 7) is 9.94. The third kappa shape index (κ3) is 3.94. The second-order valence-corrected chi connectivity index (χ2v) is 9.38. The third-order valence-corrected chi connectivity index (χ3v) is 5.74. The largest absolute Gasteiger partial charge is 0.444 e. The van der Waals surface area contributed by atoms with Crippen LogP contribution in [0.4, 0.5) is 4.79 Å². The van der Waals surface area contributed by atoms with E-state index in [1.165, 1.54) is 8.61 Å². The van der Waals surface area contributed by atoms with Crippen LogP contribution in [0.25, 0.3) is 0 Å². The van der Waals surface area contributed by atoms with E-state index in [2.05, 4.69) is 0 Å². The molecule has 0 unspecified atom stereocenters. The molecule has 0 aliphatic carbocycles. The van der Waals surface area contributed by atoms with Gasteiger partial charge in [0.25, 0.3) is 0 Å². The fourth-order valence-electron chi connectivity index (χ4n) is 2.94. The minimum absolute atomic E-state index is 0.250. The van der Waals surface area contributed by atoms with E-state index in [4.69, 9.17) is 4.74 Å². The maximum atomic E-state index is 12.8. The first kappa shape index (κ1) is 18.9. The summed E-state index contributed by atoms with van der Waals surface area (Å²) in [4.78, 5) is 15.8. The third-order valence-electron chi connectivity index (χ3n) is 3.96. The maximum absolute atomic E-state index is 12.8. The Kier molecular flexibility index (Phi) is 5.06. The number of hydrogen-bond donors (Lipinski definition) is 0. The van der Waals surface area contributed by atoms with Crippen molar-refractivity contribution in [3.05, 3.63) is 12.4 Å². The number of piperazine rings is 1. The SMILES string of the molecule is C[C@@H]1CN(S(=O)(=O)N2C=CN(C)C2)C[C@H](C)N1C(=O)OC(C)(C)C. The zero-order valence-corrected chi connectivity index (χ0v) is 16.1. The van der Waals surface area contributed by atoms with Crippen LogP contribution < -0.4 is 0 Å². The predicted octanol–water partition coefficient (Wildman–Crippen LogP) is 1.24. The molecule has 2 aliphatic rings. The highest BCUT2D eigenvalue weighted by Crippen LogP contribution is 2.24. The Balaban J connectivity index is 2.10. The average Bonchev–Trinajstić information content (AvgIpc) is 2.83. The van der Waals surface area contributed by atoms with Gasteiger partial charge in [0.05, 0.1) is 0 Å². The first-order chi connectivity index (χ1) is 10.9. The van der Waals surface area contributed by atoms with Crippen molar-refractivity contribution >= 4 is 16.3 Å². The van der Waals surface area contributed by atoms with E-state index in [-0.39, 0.29) is 25.2 Å². The molecule has 1 saturated heterocycles. The van der Waals surface area contributed by atoms with E-state index < -0.39 is 21.9 Å². The van der Waals surface area contributed by atoms with Gasteiger partial charge in [-0.05, 0) is 34.6 Å². The number of ether oxygens (including phenoxy) is 1. The van der Waals surface area contributed by atoms with Crippen LogP contribution in [0.2, 0.25) is 0 Å². The molecule has 2 heterocycles. The molecule has 0 radical (unpaired) electrons. The van der Waals surface area contributed by atoms with Crippen LogP contribution in [-0.2, 0) is 14.9 Å². The Morgan fingerprint density at radius 3 is 2.08 bits per heavy atom. The van der Waals surface area contributed by atoms with Crippen LogP contribution in [0.1, 0.15) is 34.6 Å². The Bertz CT molecular complexity index is 601. The molecule has 24 heavy (non-hydrogen) atoms. The number of rotatable bonds is 2. The van der Waals surface area contributed by atoms with Crippen molar-refractivity contribution in [2.45, 2.75) is 52.3 Å². The van der Waals surface area contributed by atoms with E-state index in [0.29, 0.717) is 6.67 Å². The van der Waals surface area contributed by atoms with Crippen LogP contribution in [-0.4, -0.2) is 77.4 Å². The Morgan fingerprint density at radius 1 is 1.12 bits per heavy atom. The normalized spacial score (nSPS) is 26.2. The summed E-state index contributed by atoms with van der Waals surface area (Å²) in [7, 11) is -1.77. The molecule has 0 spiro atoms. The first-order valence-electron chi connectivity index (χ1n) is 8.08. The summed E-state index contributed by atoms with van der Waals surface area (Å²) in [5, 5.41) is 0. The quantitative estimate of drug-likeness (QED) is 0.741. The van der Waals surface area contributed by atoms with Gasteiger partial charge in [0.2, 0.25) is 0 Å². The fourth-order valence-corrected chi connectivity index (χ4v) is 4.58. The molecule has 2 atom stereocenters. The average molecular weight is 360 g/mol. The van der Waals surface area contributed by atoms with Gasteiger partial charge in [-0.1, -0.05) is 0 Å². The van der Waals surface area contributed by atoms with Crippen molar-refractivity contribution in [3.63, 3.8) is 0 Å². The summed E-state index contributed by atoms with van der Waals surface area (Å²) >= 11 is 0. The summed E-state index contributed by atoms with van der Waals surface area (Å²) in [5.41, 5.74) is -0.579. The number of carbonyl (C=O) groups is 1. The minimum atomic E-state index is -3.59. The van der Waals surface area contributed by atoms with Gasteiger partial charge in [0.15, 0.2) is 0 Å². The number of amides is 1. The van der Waals surface area contributed by atoms with E-state index in [9.17, 15) is 13.2 Å². The number of nitrogens with zero attached hydrogens (tertiary/aromatic N) is 4. The first-order valence-corrected chi connectivity index (χ1v) is 9.48. The summed E-state index contributed by atoms with van der Waals surface area (Å²) in [6.07, 6.45) is 2.88. The van der Waals surface area contributed by atoms with Gasteiger partial charge in [-0.3, -0.25) is 0 Å². The minimum Gasteiger partial charge on any atom is -0.444 e. The fraction of sp³-hybridized carbons (Fsp3) is 0.800. The molecule has 0 bridgehead atoms. The molecule has 0 aromatic heterocycles. The molecule has 0 N–H and O–H groups in total. The second kappa shape index (κ2) is 6.44. The molecule has 2 aliphatic heterocycles. The molecule has 2 rings (SSSR count). The molecule has 0 aromatic carbocycles. The number of hydrogen-bond acceptors (Lipinski definition) is 5. The highest BCUT2D eigenvalue weighted by atomic mass is 32.2. The summed E-state index contributed by atoms with van der Waals surface area (Å²) < 4.78 is 33.7. The molecule has 8 nitrogen and oxygen atoms in total. The van der Waals surface area contributed by atoms with Crippen molar-refractivity contribution in [1.82, 2.24) is 18.4 Å². The van der Waals surface area contributed by atoms with Gasteiger partial charge in [-0.15, -0.1) is 0 Å². The lowest BCUT2D eigenvalue weighted by Gasteiger charge is -2.44. The second-order valence-electron chi connectivity index (χ2n) is 7.49. The number of carbonyl (C=O) groups excluding carboxylic acids is 1. The Morgan fingerprint density at radius 2 is 1.67 bits per heavy atom. The van der Waals surface area contributed by atoms with Crippen molar-refractivity contribution in [2.24, 2.45) is 0 Å². The van der Waals surface area contributed by atoms with Gasteiger partial charge >= 0.3 is 16.3 Å². The lowest BCUT2D eigenvalue weighted by molar-refractivity contribution is -0.00544. The maximum Gasteiger partial charge on any atom is 0.410 e. The van der Waals surface area contributed by atoms with Gasteiger partial charge in [-0.2, -0.15) is 12.7 Å². The van der Waals surface area contributed by atoms with E-state index in [0.717, 1.165) is 0 Å². The lowest BCUT2D eigenvalue weighted by Crippen LogP contribution is -2.61. The van der Waals surface area contributed by atoms with Crippen LogP contribution in [0, 0.1) is 0 Å².